The summed E-state index contributed by atoms with van der Waals surface area (Å²) in [5.41, 5.74) is 2.42. The fourth-order valence-electron chi connectivity index (χ4n) is 2.49. The molecule has 2 aromatic carbocycles. The second kappa shape index (κ2) is 8.88. The Balaban J connectivity index is 1.84. The maximum absolute atomic E-state index is 12.0. The summed E-state index contributed by atoms with van der Waals surface area (Å²) < 4.78 is 6.43. The topological polar surface area (TPSA) is 38.3 Å². The molecule has 1 atom stereocenters. The van der Waals surface area contributed by atoms with Gasteiger partial charge in [-0.25, -0.2) is 0 Å². The molecule has 0 unspecified atom stereocenters. The van der Waals surface area contributed by atoms with Crippen LogP contribution in [0.4, 0.5) is 0 Å². The summed E-state index contributed by atoms with van der Waals surface area (Å²) in [5, 5.41) is 2.97. The first kappa shape index (κ1) is 18.5. The number of rotatable bonds is 7. The summed E-state index contributed by atoms with van der Waals surface area (Å²) in [7, 11) is 0. The minimum Gasteiger partial charge on any atom is -0.484 e. The normalized spacial score (nSPS) is 12.0. The molecule has 0 aliphatic rings. The number of carbonyl (C=O) groups excluding carboxylic acids is 1. The van der Waals surface area contributed by atoms with Gasteiger partial charge >= 0.3 is 0 Å². The molecule has 128 valence electrons. The average Bonchev–Trinajstić information content (AvgIpc) is 2.53. The van der Waals surface area contributed by atoms with Gasteiger partial charge < -0.3 is 10.1 Å². The number of carbonyl (C=O) groups is 1. The highest BCUT2D eigenvalue weighted by atomic mass is 79.9. The van der Waals surface area contributed by atoms with Crippen molar-refractivity contribution in [3.8, 4) is 5.75 Å². The van der Waals surface area contributed by atoms with Gasteiger partial charge in [0.1, 0.15) is 5.75 Å². The Bertz CT molecular complexity index is 668. The molecule has 2 rings (SSSR count). The number of ether oxygens (including phenoxy) is 1. The van der Waals surface area contributed by atoms with Crippen LogP contribution in [0.15, 0.2) is 53.0 Å². The van der Waals surface area contributed by atoms with Crippen LogP contribution in [0.5, 0.6) is 5.75 Å². The molecule has 0 aromatic heterocycles. The lowest BCUT2D eigenvalue weighted by Gasteiger charge is -2.15. The van der Waals surface area contributed by atoms with Gasteiger partial charge in [0.05, 0.1) is 6.04 Å². The number of halogens is 1. The lowest BCUT2D eigenvalue weighted by molar-refractivity contribution is -0.123. The van der Waals surface area contributed by atoms with Gasteiger partial charge in [0.25, 0.3) is 5.91 Å². The fraction of sp³-hybridized carbons (Fsp3) is 0.350. The van der Waals surface area contributed by atoms with E-state index in [2.05, 4.69) is 59.4 Å². The van der Waals surface area contributed by atoms with Crippen molar-refractivity contribution in [2.75, 3.05) is 6.61 Å². The Kier molecular flexibility index (Phi) is 6.85. The molecule has 0 bridgehead atoms. The molecule has 0 aliphatic heterocycles. The molecule has 24 heavy (non-hydrogen) atoms. The monoisotopic (exact) mass is 389 g/mol. The summed E-state index contributed by atoms with van der Waals surface area (Å²) in [6.07, 6.45) is 1.07. The number of nitrogens with one attached hydrogen (secondary N) is 1. The van der Waals surface area contributed by atoms with Gasteiger partial charge in [0.15, 0.2) is 6.61 Å². The smallest absolute Gasteiger partial charge is 0.258 e. The molecule has 0 radical (unpaired) electrons. The van der Waals surface area contributed by atoms with Crippen LogP contribution in [0.25, 0.3) is 0 Å². The lowest BCUT2D eigenvalue weighted by atomic mass is 10.00. The zero-order chi connectivity index (χ0) is 17.5. The molecule has 4 heteroatoms. The molecule has 1 N–H and O–H groups in total. The second-order valence-corrected chi connectivity index (χ2v) is 7.29. The predicted octanol–water partition coefficient (Wildman–Crippen LogP) is 4.90. The standard InChI is InChI=1S/C20H24BrNO2/c1-14(2)11-16-7-9-17(10-8-16)15(3)22-20(23)13-24-19-6-4-5-18(21)12-19/h4-10,12,14-15H,11,13H2,1-3H3,(H,22,23)/t15-/m1/s1. The zero-order valence-corrected chi connectivity index (χ0v) is 16.0. The first-order chi connectivity index (χ1) is 11.4. The lowest BCUT2D eigenvalue weighted by Crippen LogP contribution is -2.31. The molecule has 2 aromatic rings. The first-order valence-corrected chi connectivity index (χ1v) is 9.00. The molecule has 0 spiro atoms. The van der Waals surface area contributed by atoms with Gasteiger partial charge in [-0.2, -0.15) is 0 Å². The van der Waals surface area contributed by atoms with Crippen molar-refractivity contribution in [2.45, 2.75) is 33.2 Å². The van der Waals surface area contributed by atoms with Crippen molar-refractivity contribution in [2.24, 2.45) is 5.92 Å². The van der Waals surface area contributed by atoms with E-state index in [9.17, 15) is 4.79 Å². The van der Waals surface area contributed by atoms with E-state index in [1.165, 1.54) is 5.56 Å². The largest absolute Gasteiger partial charge is 0.484 e. The summed E-state index contributed by atoms with van der Waals surface area (Å²) in [5.74, 6) is 1.18. The van der Waals surface area contributed by atoms with Gasteiger partial charge in [-0.3, -0.25) is 4.79 Å². The van der Waals surface area contributed by atoms with Crippen LogP contribution < -0.4 is 10.1 Å². The van der Waals surface area contributed by atoms with Crippen molar-refractivity contribution in [1.29, 1.82) is 0 Å². The van der Waals surface area contributed by atoms with Crippen LogP contribution in [-0.2, 0) is 11.2 Å². The number of amides is 1. The van der Waals surface area contributed by atoms with Crippen LogP contribution in [0.1, 0.15) is 37.9 Å². The van der Waals surface area contributed by atoms with Gasteiger partial charge in [0, 0.05) is 4.47 Å². The minimum absolute atomic E-state index is 0.00618. The highest BCUT2D eigenvalue weighted by molar-refractivity contribution is 9.10. The van der Waals surface area contributed by atoms with Crippen LogP contribution in [0.3, 0.4) is 0 Å². The maximum Gasteiger partial charge on any atom is 0.258 e. The fourth-order valence-corrected chi connectivity index (χ4v) is 2.86. The van der Waals surface area contributed by atoms with E-state index in [1.807, 2.05) is 31.2 Å². The number of benzene rings is 2. The highest BCUT2D eigenvalue weighted by Crippen LogP contribution is 2.18. The van der Waals surface area contributed by atoms with E-state index in [1.54, 1.807) is 0 Å². The Morgan fingerprint density at radius 1 is 1.12 bits per heavy atom. The van der Waals surface area contributed by atoms with Crippen LogP contribution in [-0.4, -0.2) is 12.5 Å². The van der Waals surface area contributed by atoms with Crippen LogP contribution >= 0.6 is 15.9 Å². The van der Waals surface area contributed by atoms with Crippen molar-refractivity contribution < 1.29 is 9.53 Å². The van der Waals surface area contributed by atoms with E-state index in [0.29, 0.717) is 11.7 Å². The molecule has 1 amide bonds. The van der Waals surface area contributed by atoms with E-state index < -0.39 is 0 Å². The molecule has 0 aliphatic carbocycles. The molecule has 0 saturated heterocycles. The van der Waals surface area contributed by atoms with Gasteiger partial charge in [-0.05, 0) is 48.6 Å². The highest BCUT2D eigenvalue weighted by Gasteiger charge is 2.10. The molecule has 0 fully saturated rings. The zero-order valence-electron chi connectivity index (χ0n) is 14.4. The Hall–Kier alpha value is -1.81. The molecule has 3 nitrogen and oxygen atoms in total. The molecule has 0 heterocycles. The maximum atomic E-state index is 12.0. The van der Waals surface area contributed by atoms with E-state index in [0.717, 1.165) is 16.5 Å². The quantitative estimate of drug-likeness (QED) is 0.730. The molecule has 0 saturated carbocycles. The average molecular weight is 390 g/mol. The van der Waals surface area contributed by atoms with Gasteiger partial charge in [-0.1, -0.05) is 60.1 Å². The Labute approximate surface area is 152 Å². The number of hydrogen-bond donors (Lipinski definition) is 1. The van der Waals surface area contributed by atoms with Gasteiger partial charge in [0.2, 0.25) is 0 Å². The SMILES string of the molecule is CC(C)Cc1ccc([C@@H](C)NC(=O)COc2cccc(Br)c2)cc1. The van der Waals surface area contributed by atoms with Crippen molar-refractivity contribution >= 4 is 21.8 Å². The Morgan fingerprint density at radius 2 is 1.83 bits per heavy atom. The summed E-state index contributed by atoms with van der Waals surface area (Å²) in [4.78, 5) is 12.0. The first-order valence-electron chi connectivity index (χ1n) is 8.20. The van der Waals surface area contributed by atoms with Crippen molar-refractivity contribution in [1.82, 2.24) is 5.32 Å². The predicted molar refractivity (Wildman–Crippen MR) is 101 cm³/mol. The van der Waals surface area contributed by atoms with Crippen LogP contribution in [0, 0.1) is 5.92 Å². The van der Waals surface area contributed by atoms with Crippen molar-refractivity contribution in [3.05, 3.63) is 64.1 Å². The third kappa shape index (κ3) is 6.00. The van der Waals surface area contributed by atoms with Crippen LogP contribution in [0.2, 0.25) is 0 Å². The van der Waals surface area contributed by atoms with E-state index in [4.69, 9.17) is 4.74 Å². The Morgan fingerprint density at radius 3 is 2.46 bits per heavy atom. The van der Waals surface area contributed by atoms with Crippen molar-refractivity contribution in [3.63, 3.8) is 0 Å². The third-order valence-electron chi connectivity index (χ3n) is 3.67. The van der Waals surface area contributed by atoms with Gasteiger partial charge in [-0.15, -0.1) is 0 Å². The summed E-state index contributed by atoms with van der Waals surface area (Å²) in [6, 6.07) is 15.8. The summed E-state index contributed by atoms with van der Waals surface area (Å²) in [6.45, 7) is 6.41. The second-order valence-electron chi connectivity index (χ2n) is 6.37. The number of hydrogen-bond acceptors (Lipinski definition) is 2. The van der Waals surface area contributed by atoms with E-state index >= 15 is 0 Å². The third-order valence-corrected chi connectivity index (χ3v) is 4.16. The molecular formula is C20H24BrNO2. The minimum atomic E-state index is -0.131. The molecular weight excluding hydrogens is 366 g/mol. The van der Waals surface area contributed by atoms with E-state index in [-0.39, 0.29) is 18.6 Å². The summed E-state index contributed by atoms with van der Waals surface area (Å²) >= 11 is 3.38.